The average molecular weight is 1260 g/mol. The van der Waals surface area contributed by atoms with Crippen LogP contribution in [0.25, 0.3) is 22.3 Å². The summed E-state index contributed by atoms with van der Waals surface area (Å²) in [4.78, 5) is 88.0. The van der Waals surface area contributed by atoms with Crippen molar-refractivity contribution in [2.24, 2.45) is 10.8 Å². The van der Waals surface area contributed by atoms with Crippen LogP contribution in [0.5, 0.6) is 0 Å². The Bertz CT molecular complexity index is 2890. The number of aliphatic hydroxyl groups excluding tert-OH is 3. The molecule has 81 heavy (non-hydrogen) atoms. The summed E-state index contributed by atoms with van der Waals surface area (Å²) in [5.74, 6) is -5.84. The lowest BCUT2D eigenvalue weighted by Gasteiger charge is -2.31. The number of hydrogen-bond acceptors (Lipinski definition) is 30. The van der Waals surface area contributed by atoms with Gasteiger partial charge in [-0.25, -0.2) is 51.5 Å². The van der Waals surface area contributed by atoms with Gasteiger partial charge in [0.1, 0.15) is 49.2 Å². The number of nitrogens with zero attached hydrogens (tertiary/aromatic N) is 6. The van der Waals surface area contributed by atoms with E-state index in [1.807, 2.05) is 0 Å². The Morgan fingerprint density at radius 1 is 0.864 bits per heavy atom. The van der Waals surface area contributed by atoms with Crippen LogP contribution in [-0.4, -0.2) is 171 Å². The first-order chi connectivity index (χ1) is 38.3. The molecule has 1 radical (unpaired) electrons. The molecule has 4 aromatic rings. The Morgan fingerprint density at radius 3 is 1.72 bits per heavy atom. The minimum atomic E-state index is -4.76. The van der Waals surface area contributed by atoms with E-state index in [2.05, 4.69) is 54.3 Å². The fourth-order valence-electron chi connectivity index (χ4n) is 6.24. The topological polar surface area (TPSA) is 454 Å². The van der Waals surface area contributed by atoms with Gasteiger partial charge in [0.15, 0.2) is 47.1 Å². The molecule has 0 amide bonds. The zero-order valence-electron chi connectivity index (χ0n) is 46.2. The number of aromatic nitrogens is 8. The number of phosphoric ester groups is 1. The van der Waals surface area contributed by atoms with Gasteiger partial charge in [-0.3, -0.25) is 47.4 Å². The zero-order chi connectivity index (χ0) is 62.0. The average Bonchev–Trinajstić information content (AvgIpc) is 3.84. The first-order valence-corrected chi connectivity index (χ1v) is 30.5. The minimum absolute atomic E-state index is 0.0286. The summed E-state index contributed by atoms with van der Waals surface area (Å²) in [7, 11) is -1.45. The second kappa shape index (κ2) is 31.2. The lowest BCUT2D eigenvalue weighted by molar-refractivity contribution is -0.269. The molecule has 0 saturated carbocycles. The van der Waals surface area contributed by atoms with Crippen LogP contribution in [0.1, 0.15) is 62.3 Å². The fourth-order valence-corrected chi connectivity index (χ4v) is 9.71. The summed E-state index contributed by atoms with van der Waals surface area (Å²) < 4.78 is 128. The molecule has 2 aliphatic heterocycles. The second-order valence-electron chi connectivity index (χ2n) is 18.1. The number of halogens is 2. The van der Waals surface area contributed by atoms with Gasteiger partial charge in [-0.1, -0.05) is 6.82 Å². The SMILES string of the molecule is COOPP(=O)([O-])POOC.CO[C@]1(COP(=O)(OCOC(=O)C(C)(C)C)OCOC(=O)C(C)(C)C)O[C@@H](n2cnc3c(=O)[nH]c(N)nc32)[C@H](F)[C@@H]1O.C[B]P=O.[3H]CCNc1nc2c(ncn2[C@@H]2O[C@@](CO)(OC)[C@@H](O)[C@H]2F)c(=O)[nH]1. The zero-order valence-corrected chi connectivity index (χ0v) is 49.9. The van der Waals surface area contributed by atoms with Gasteiger partial charge in [-0.15, -0.1) is 0 Å². The molecular formula is C39H64BF2N10O24P5-. The number of methoxy groups -OCH3 is 2. The van der Waals surface area contributed by atoms with Crippen molar-refractivity contribution in [3.05, 3.63) is 33.4 Å². The van der Waals surface area contributed by atoms with Crippen LogP contribution >= 0.6 is 39.9 Å². The summed E-state index contributed by atoms with van der Waals surface area (Å²) >= 11 is 0. The van der Waals surface area contributed by atoms with Gasteiger partial charge in [-0.05, 0) is 48.4 Å². The third-order valence-corrected chi connectivity index (χ3v) is 16.4. The predicted octanol–water partition coefficient (Wildman–Crippen LogP) is 2.38. The molecule has 34 nitrogen and oxygen atoms in total. The number of nitrogens with one attached hydrogen (secondary N) is 3. The standard InChI is InChI=1S/C23H35FN5O12P.C13H18FN5O5.C2H9O6P3.CH3BOP/c1-21(2,3)18(32)36-10-39-42(34,40-11-37-19(33)22(4,5)6)38-8-23(35-7)14(30)12(24)17(41-23)29-9-26-13-15(29)27-20(25)28-16(13)31;1-3-15-12-17-9-7(10(22)18-12)16-5-19(9)11-6(14)8(21)13(4-20,23-2)24-11;1-5-7-9-11(3,4)10-8-6-2;1-2-4-3/h9,12,14,17,30H,8,10-11H2,1-7H3,(H3,25,27,28,31);5-6,8,11,20-21H,3-4H2,1-2H3,(H2,15,17,18,22);9-10H,1-2H3,(H,3,4);1H3/p-1/t12-,14+,17-,23-;6-,8+,11-,13-;;/m11../s1/i;1T;;. The van der Waals surface area contributed by atoms with Gasteiger partial charge in [-0.2, -0.15) is 9.97 Å². The highest BCUT2D eigenvalue weighted by atomic mass is 32.5. The molecule has 2 fully saturated rings. The number of aromatic amines is 2. The Kier molecular flexibility index (Phi) is 26.8. The van der Waals surface area contributed by atoms with E-state index in [9.17, 15) is 57.5 Å². The van der Waals surface area contributed by atoms with Crippen molar-refractivity contribution >= 4 is 93.1 Å². The first kappa shape index (κ1) is 69.5. The number of H-pyrrole nitrogens is 2. The number of rotatable bonds is 23. The van der Waals surface area contributed by atoms with Crippen LogP contribution in [0.15, 0.2) is 22.2 Å². The van der Waals surface area contributed by atoms with Crippen molar-refractivity contribution in [1.29, 1.82) is 0 Å². The second-order valence-corrected chi connectivity index (χ2v) is 28.3. The van der Waals surface area contributed by atoms with E-state index in [1.165, 1.54) is 21.3 Å². The number of nitrogen functional groups attached to an aromatic ring is 1. The number of imidazole rings is 2. The Morgan fingerprint density at radius 2 is 1.31 bits per heavy atom. The third-order valence-electron chi connectivity index (χ3n) is 10.4. The largest absolute Gasteiger partial charge is 0.790 e. The van der Waals surface area contributed by atoms with Crippen LogP contribution in [0.4, 0.5) is 20.7 Å². The molecule has 0 aromatic carbocycles. The molecule has 2 aliphatic rings. The van der Waals surface area contributed by atoms with Gasteiger partial charge in [0, 0.05) is 22.1 Å². The lowest BCUT2D eigenvalue weighted by atomic mass is 9.98. The van der Waals surface area contributed by atoms with Gasteiger partial charge in [0.25, 0.3) is 11.1 Å². The van der Waals surface area contributed by atoms with E-state index in [-0.39, 0.29) is 56.0 Å². The van der Waals surface area contributed by atoms with Gasteiger partial charge >= 0.3 is 19.8 Å². The number of phosphoric acid groups is 1. The molecule has 4 aromatic heterocycles. The summed E-state index contributed by atoms with van der Waals surface area (Å²) in [5, 5.41) is 33.0. The van der Waals surface area contributed by atoms with Crippen molar-refractivity contribution in [2.75, 3.05) is 72.8 Å². The molecule has 0 spiro atoms. The number of alkyl halides is 2. The number of esters is 2. The van der Waals surface area contributed by atoms with E-state index in [0.717, 1.165) is 28.9 Å². The smallest absolute Gasteiger partial charge is 0.480 e. The molecular weight excluding hydrogens is 1200 g/mol. The lowest BCUT2D eigenvalue weighted by Crippen LogP contribution is -2.47. The van der Waals surface area contributed by atoms with Crippen molar-refractivity contribution in [3.63, 3.8) is 0 Å². The molecule has 10 atom stereocenters. The number of carbonyl (C=O) groups excluding carboxylic acids is 2. The number of anilines is 2. The van der Waals surface area contributed by atoms with Crippen LogP contribution in [0.2, 0.25) is 6.82 Å². The van der Waals surface area contributed by atoms with Crippen molar-refractivity contribution < 1.29 is 115 Å². The van der Waals surface area contributed by atoms with Crippen molar-refractivity contribution in [1.82, 2.24) is 39.0 Å². The van der Waals surface area contributed by atoms with Crippen molar-refractivity contribution in [2.45, 2.75) is 104 Å². The van der Waals surface area contributed by atoms with Gasteiger partial charge in [0.05, 0.1) is 46.0 Å². The molecule has 42 heteroatoms. The number of nitrogens with two attached hydrogens (primary N) is 1. The fraction of sp³-hybridized carbons (Fsp3) is 0.692. The maximum absolute atomic E-state index is 15.4. The molecule has 2 saturated heterocycles. The maximum Gasteiger partial charge on any atom is 0.480 e. The Hall–Kier alpha value is -4.02. The molecule has 0 bridgehead atoms. The van der Waals surface area contributed by atoms with E-state index in [4.69, 9.17) is 49.1 Å². The molecule has 457 valence electrons. The maximum atomic E-state index is 15.4. The van der Waals surface area contributed by atoms with E-state index >= 15 is 4.39 Å². The molecule has 2 unspecified atom stereocenters. The summed E-state index contributed by atoms with van der Waals surface area (Å²) in [6.45, 7) is 5.87. The number of ether oxygens (including phenoxy) is 6. The highest BCUT2D eigenvalue weighted by Crippen LogP contribution is 2.71. The molecule has 0 aliphatic carbocycles. The minimum Gasteiger partial charge on any atom is -0.790 e. The number of fused-ring (bicyclic) bond motifs is 2. The van der Waals surface area contributed by atoms with Crippen LogP contribution in [-0.2, 0) is 84.4 Å². The molecule has 6 rings (SSSR count). The monoisotopic (exact) mass is 1260 g/mol. The van der Waals surface area contributed by atoms with Crippen LogP contribution in [0.3, 0.4) is 0 Å². The van der Waals surface area contributed by atoms with Gasteiger partial charge < -0.3 is 64.2 Å². The molecule has 6 heterocycles. The first-order valence-electron chi connectivity index (χ1n) is 23.7. The summed E-state index contributed by atoms with van der Waals surface area (Å²) in [6, 6.07) is 0. The Balaban J connectivity index is 0.000000368. The summed E-state index contributed by atoms with van der Waals surface area (Å²) in [6.07, 6.45) is -8.82. The van der Waals surface area contributed by atoms with Crippen LogP contribution < -0.4 is 27.1 Å². The third kappa shape index (κ3) is 19.0. The molecule has 8 N–H and O–H groups in total. The predicted molar refractivity (Wildman–Crippen MR) is 280 cm³/mol. The normalized spacial score (nSPS) is 24.0. The van der Waals surface area contributed by atoms with Crippen molar-refractivity contribution in [3.8, 4) is 0 Å². The number of carbonyl (C=O) groups is 2. The number of aliphatic hydroxyl groups is 3. The van der Waals surface area contributed by atoms with Crippen LogP contribution in [0, 0.1) is 10.8 Å². The quantitative estimate of drug-likeness (QED) is 0.0140. The highest BCUT2D eigenvalue weighted by Gasteiger charge is 2.59. The number of hydrogen-bond donors (Lipinski definition) is 7. The highest BCUT2D eigenvalue weighted by molar-refractivity contribution is 8.50. The van der Waals surface area contributed by atoms with E-state index < -0.39 is 141 Å². The van der Waals surface area contributed by atoms with Gasteiger partial charge in [0.2, 0.25) is 44.1 Å². The summed E-state index contributed by atoms with van der Waals surface area (Å²) in [5.41, 5.74) is 2.16. The van der Waals surface area contributed by atoms with E-state index in [1.54, 1.807) is 55.4 Å². The Labute approximate surface area is 466 Å². The van der Waals surface area contributed by atoms with E-state index in [0.29, 0.717) is 0 Å².